The minimum atomic E-state index is -0.322. The van der Waals surface area contributed by atoms with Gasteiger partial charge >= 0.3 is 0 Å². The van der Waals surface area contributed by atoms with Crippen LogP contribution in [-0.2, 0) is 0 Å². The zero-order valence-corrected chi connectivity index (χ0v) is 16.5. The van der Waals surface area contributed by atoms with Gasteiger partial charge in [0.2, 0.25) is 6.79 Å². The SMILES string of the molecule is COc1ccc(-c2cc(=O)c3cc(NC(=O)c4ccc5c(c4)OCO5)ccc3o2)cc1. The van der Waals surface area contributed by atoms with E-state index in [9.17, 15) is 9.59 Å². The highest BCUT2D eigenvalue weighted by molar-refractivity contribution is 6.05. The van der Waals surface area contributed by atoms with Crippen LogP contribution in [0.15, 0.2) is 75.9 Å². The summed E-state index contributed by atoms with van der Waals surface area (Å²) in [6.07, 6.45) is 0. The first-order valence-electron chi connectivity index (χ1n) is 9.54. The van der Waals surface area contributed by atoms with Gasteiger partial charge in [-0.15, -0.1) is 0 Å². The van der Waals surface area contributed by atoms with Gasteiger partial charge in [0.1, 0.15) is 17.1 Å². The smallest absolute Gasteiger partial charge is 0.255 e. The van der Waals surface area contributed by atoms with Crippen LogP contribution in [0.25, 0.3) is 22.3 Å². The van der Waals surface area contributed by atoms with Gasteiger partial charge in [-0.2, -0.15) is 0 Å². The lowest BCUT2D eigenvalue weighted by Gasteiger charge is -2.08. The molecule has 1 aliphatic rings. The van der Waals surface area contributed by atoms with Crippen molar-refractivity contribution in [3.05, 3.63) is 82.5 Å². The molecule has 5 rings (SSSR count). The predicted molar refractivity (Wildman–Crippen MR) is 115 cm³/mol. The van der Waals surface area contributed by atoms with E-state index in [1.807, 2.05) is 12.1 Å². The number of rotatable bonds is 4. The maximum atomic E-state index is 12.7. The lowest BCUT2D eigenvalue weighted by molar-refractivity contribution is 0.102. The zero-order chi connectivity index (χ0) is 21.4. The summed E-state index contributed by atoms with van der Waals surface area (Å²) in [5.41, 5.74) is 1.90. The van der Waals surface area contributed by atoms with E-state index in [4.69, 9.17) is 18.6 Å². The molecule has 4 aromatic rings. The van der Waals surface area contributed by atoms with Crippen LogP contribution in [0.1, 0.15) is 10.4 Å². The number of methoxy groups -OCH3 is 1. The molecule has 0 spiro atoms. The van der Waals surface area contributed by atoms with Gasteiger partial charge in [-0.3, -0.25) is 9.59 Å². The summed E-state index contributed by atoms with van der Waals surface area (Å²) >= 11 is 0. The lowest BCUT2D eigenvalue weighted by atomic mass is 10.1. The van der Waals surface area contributed by atoms with Crippen molar-refractivity contribution in [3.63, 3.8) is 0 Å². The fourth-order valence-corrected chi connectivity index (χ4v) is 3.37. The molecule has 0 radical (unpaired) electrons. The summed E-state index contributed by atoms with van der Waals surface area (Å²) in [6, 6.07) is 18.6. The Bertz CT molecular complexity index is 1360. The van der Waals surface area contributed by atoms with Crippen molar-refractivity contribution in [2.45, 2.75) is 0 Å². The molecule has 0 bridgehead atoms. The first kappa shape index (κ1) is 18.7. The van der Waals surface area contributed by atoms with Crippen LogP contribution >= 0.6 is 0 Å². The average molecular weight is 415 g/mol. The molecule has 0 saturated carbocycles. The van der Waals surface area contributed by atoms with Crippen molar-refractivity contribution >= 4 is 22.6 Å². The topological polar surface area (TPSA) is 87.0 Å². The molecule has 0 aliphatic carbocycles. The minimum Gasteiger partial charge on any atom is -0.497 e. The summed E-state index contributed by atoms with van der Waals surface area (Å²) in [5, 5.41) is 3.17. The number of carbonyl (C=O) groups excluding carboxylic acids is 1. The Balaban J connectivity index is 1.42. The van der Waals surface area contributed by atoms with Crippen molar-refractivity contribution < 1.29 is 23.4 Å². The third-order valence-electron chi connectivity index (χ3n) is 4.99. The Hall–Kier alpha value is -4.26. The monoisotopic (exact) mass is 415 g/mol. The number of ether oxygens (including phenoxy) is 3. The number of carbonyl (C=O) groups is 1. The van der Waals surface area contributed by atoms with Crippen LogP contribution in [-0.4, -0.2) is 19.8 Å². The number of hydrogen-bond acceptors (Lipinski definition) is 6. The van der Waals surface area contributed by atoms with E-state index in [1.54, 1.807) is 55.6 Å². The van der Waals surface area contributed by atoms with Crippen LogP contribution < -0.4 is 25.0 Å². The van der Waals surface area contributed by atoms with Gasteiger partial charge in [0.25, 0.3) is 5.91 Å². The molecule has 31 heavy (non-hydrogen) atoms. The minimum absolute atomic E-state index is 0.138. The highest BCUT2D eigenvalue weighted by Crippen LogP contribution is 2.33. The van der Waals surface area contributed by atoms with Crippen LogP contribution in [0.3, 0.4) is 0 Å². The molecule has 1 amide bonds. The van der Waals surface area contributed by atoms with Crippen molar-refractivity contribution in [3.8, 4) is 28.6 Å². The molecule has 0 saturated heterocycles. The highest BCUT2D eigenvalue weighted by Gasteiger charge is 2.17. The summed E-state index contributed by atoms with van der Waals surface area (Å²) in [7, 11) is 1.59. The van der Waals surface area contributed by atoms with Gasteiger partial charge in [0, 0.05) is 22.9 Å². The maximum absolute atomic E-state index is 12.7. The van der Waals surface area contributed by atoms with Crippen molar-refractivity contribution in [2.24, 2.45) is 0 Å². The molecule has 0 unspecified atom stereocenters. The van der Waals surface area contributed by atoms with Crippen LogP contribution in [0.2, 0.25) is 0 Å². The van der Waals surface area contributed by atoms with Crippen molar-refractivity contribution in [2.75, 3.05) is 19.2 Å². The third kappa shape index (κ3) is 3.57. The molecule has 7 nitrogen and oxygen atoms in total. The second kappa shape index (κ2) is 7.53. The summed E-state index contributed by atoms with van der Waals surface area (Å²) in [5.74, 6) is 1.98. The molecular weight excluding hydrogens is 398 g/mol. The second-order valence-electron chi connectivity index (χ2n) is 6.94. The van der Waals surface area contributed by atoms with E-state index >= 15 is 0 Å². The standard InChI is InChI=1S/C24H17NO6/c1-28-17-6-2-14(3-7-17)22-12-19(26)18-11-16(5-9-20(18)31-22)25-24(27)15-4-8-21-23(10-15)30-13-29-21/h2-12H,13H2,1H3,(H,25,27). The molecule has 1 aromatic heterocycles. The highest BCUT2D eigenvalue weighted by atomic mass is 16.7. The second-order valence-corrected chi connectivity index (χ2v) is 6.94. The quantitative estimate of drug-likeness (QED) is 0.530. The molecule has 2 heterocycles. The Morgan fingerprint density at radius 1 is 0.935 bits per heavy atom. The summed E-state index contributed by atoms with van der Waals surface area (Å²) in [4.78, 5) is 25.3. The molecule has 0 atom stereocenters. The number of anilines is 1. The van der Waals surface area contributed by atoms with Gasteiger partial charge in [0.15, 0.2) is 16.9 Å². The van der Waals surface area contributed by atoms with E-state index in [2.05, 4.69) is 5.32 Å². The van der Waals surface area contributed by atoms with Gasteiger partial charge < -0.3 is 23.9 Å². The van der Waals surface area contributed by atoms with E-state index in [0.29, 0.717) is 39.5 Å². The summed E-state index contributed by atoms with van der Waals surface area (Å²) in [6.45, 7) is 0.138. The number of hydrogen-bond donors (Lipinski definition) is 1. The van der Waals surface area contributed by atoms with Crippen molar-refractivity contribution in [1.82, 2.24) is 0 Å². The zero-order valence-electron chi connectivity index (χ0n) is 16.5. The number of benzene rings is 3. The number of amides is 1. The predicted octanol–water partition coefficient (Wildman–Crippen LogP) is 4.45. The molecule has 1 N–H and O–H groups in total. The van der Waals surface area contributed by atoms with Gasteiger partial charge in [-0.05, 0) is 60.7 Å². The molecule has 7 heteroatoms. The van der Waals surface area contributed by atoms with E-state index < -0.39 is 0 Å². The molecular formula is C24H17NO6. The fraction of sp³-hybridized carbons (Fsp3) is 0.0833. The number of fused-ring (bicyclic) bond motifs is 2. The van der Waals surface area contributed by atoms with E-state index in [0.717, 1.165) is 11.3 Å². The van der Waals surface area contributed by atoms with Gasteiger partial charge in [-0.25, -0.2) is 0 Å². The average Bonchev–Trinajstić information content (AvgIpc) is 3.27. The summed E-state index contributed by atoms with van der Waals surface area (Å²) < 4.78 is 21.6. The molecule has 154 valence electrons. The van der Waals surface area contributed by atoms with Crippen LogP contribution in [0.5, 0.6) is 17.2 Å². The molecule has 3 aromatic carbocycles. The van der Waals surface area contributed by atoms with Crippen LogP contribution in [0.4, 0.5) is 5.69 Å². The Morgan fingerprint density at radius 2 is 1.74 bits per heavy atom. The normalized spacial score (nSPS) is 12.0. The lowest BCUT2D eigenvalue weighted by Crippen LogP contribution is -2.12. The Morgan fingerprint density at radius 3 is 2.55 bits per heavy atom. The molecule has 0 fully saturated rings. The van der Waals surface area contributed by atoms with E-state index in [-0.39, 0.29) is 18.1 Å². The fourth-order valence-electron chi connectivity index (χ4n) is 3.37. The van der Waals surface area contributed by atoms with Crippen molar-refractivity contribution in [1.29, 1.82) is 0 Å². The first-order valence-corrected chi connectivity index (χ1v) is 9.54. The maximum Gasteiger partial charge on any atom is 0.255 e. The van der Waals surface area contributed by atoms with Gasteiger partial charge in [0.05, 0.1) is 12.5 Å². The Labute approximate surface area is 176 Å². The van der Waals surface area contributed by atoms with E-state index in [1.165, 1.54) is 6.07 Å². The number of nitrogens with one attached hydrogen (secondary N) is 1. The molecule has 1 aliphatic heterocycles. The third-order valence-corrected chi connectivity index (χ3v) is 4.99. The largest absolute Gasteiger partial charge is 0.497 e. The first-order chi connectivity index (χ1) is 15.1. The Kier molecular flexibility index (Phi) is 4.55. The van der Waals surface area contributed by atoms with Gasteiger partial charge in [-0.1, -0.05) is 0 Å². The van der Waals surface area contributed by atoms with Crippen LogP contribution in [0, 0.1) is 0 Å².